The summed E-state index contributed by atoms with van der Waals surface area (Å²) in [6.07, 6.45) is 1.64. The normalized spacial score (nSPS) is 10.3. The first-order valence-electron chi connectivity index (χ1n) is 6.18. The van der Waals surface area contributed by atoms with Crippen LogP contribution in [0.5, 0.6) is 0 Å². The molecule has 1 N–H and O–H groups in total. The van der Waals surface area contributed by atoms with Gasteiger partial charge in [-0.3, -0.25) is 9.69 Å². The number of carbonyl (C=O) groups excluding carboxylic acids is 1. The zero-order valence-electron chi connectivity index (χ0n) is 11.3. The zero-order chi connectivity index (χ0) is 14.5. The van der Waals surface area contributed by atoms with E-state index in [0.717, 1.165) is 16.5 Å². The van der Waals surface area contributed by atoms with Crippen molar-refractivity contribution in [3.8, 4) is 0 Å². The summed E-state index contributed by atoms with van der Waals surface area (Å²) in [4.78, 5) is 21.5. The monoisotopic (exact) mass is 310 g/mol. The second kappa shape index (κ2) is 6.67. The van der Waals surface area contributed by atoms with Gasteiger partial charge in [0, 0.05) is 30.7 Å². The maximum atomic E-state index is 11.5. The molecule has 0 fully saturated rings. The zero-order valence-corrected chi connectivity index (χ0v) is 12.8. The van der Waals surface area contributed by atoms with Crippen LogP contribution < -0.4 is 10.2 Å². The van der Waals surface area contributed by atoms with E-state index in [1.165, 1.54) is 11.3 Å². The van der Waals surface area contributed by atoms with E-state index in [0.29, 0.717) is 18.2 Å². The highest BCUT2D eigenvalue weighted by Gasteiger charge is 2.13. The smallest absolute Gasteiger partial charge is 0.225 e. The summed E-state index contributed by atoms with van der Waals surface area (Å²) in [5.74, 6) is 0.00211. The Labute approximate surface area is 126 Å². The Balaban J connectivity index is 2.01. The number of nitrogens with one attached hydrogen (secondary N) is 1. The van der Waals surface area contributed by atoms with Crippen LogP contribution in [0.1, 0.15) is 19.5 Å². The largest absolute Gasteiger partial charge is 0.379 e. The van der Waals surface area contributed by atoms with Crippen molar-refractivity contribution >= 4 is 39.7 Å². The van der Waals surface area contributed by atoms with Gasteiger partial charge < -0.3 is 5.32 Å². The van der Waals surface area contributed by atoms with Gasteiger partial charge in [-0.05, 0) is 19.1 Å². The van der Waals surface area contributed by atoms with Gasteiger partial charge in [0.2, 0.25) is 5.91 Å². The Morgan fingerprint density at radius 3 is 3.00 bits per heavy atom. The van der Waals surface area contributed by atoms with Crippen LogP contribution in [0.25, 0.3) is 0 Å². The minimum atomic E-state index is 0.00211. The molecule has 0 saturated carbocycles. The molecular weight excluding hydrogens is 296 g/mol. The lowest BCUT2D eigenvalue weighted by Crippen LogP contribution is -2.27. The van der Waals surface area contributed by atoms with E-state index in [9.17, 15) is 4.79 Å². The van der Waals surface area contributed by atoms with Gasteiger partial charge >= 0.3 is 0 Å². The average molecular weight is 311 g/mol. The molecule has 0 aliphatic carbocycles. The standard InChI is InChI=1S/C13H15ClN4OS/c1-3-18(9(2)19)13-17-11(8-20-13)7-16-10-4-5-15-12(14)6-10/h4-6,8H,3,7H2,1-2H3,(H,15,16). The van der Waals surface area contributed by atoms with Crippen molar-refractivity contribution < 1.29 is 4.79 Å². The summed E-state index contributed by atoms with van der Waals surface area (Å²) in [7, 11) is 0. The molecule has 0 saturated heterocycles. The third-order valence-electron chi connectivity index (χ3n) is 2.67. The van der Waals surface area contributed by atoms with Crippen LogP contribution >= 0.6 is 22.9 Å². The second-order valence-electron chi connectivity index (χ2n) is 4.11. The molecule has 2 aromatic heterocycles. The van der Waals surface area contributed by atoms with E-state index in [2.05, 4.69) is 15.3 Å². The minimum absolute atomic E-state index is 0.00211. The molecule has 0 radical (unpaired) electrons. The van der Waals surface area contributed by atoms with Gasteiger partial charge in [-0.15, -0.1) is 11.3 Å². The Morgan fingerprint density at radius 2 is 2.35 bits per heavy atom. The lowest BCUT2D eigenvalue weighted by Gasteiger charge is -2.14. The first kappa shape index (κ1) is 14.7. The highest BCUT2D eigenvalue weighted by molar-refractivity contribution is 7.14. The number of halogens is 1. The number of nitrogens with zero attached hydrogens (tertiary/aromatic N) is 3. The molecule has 0 spiro atoms. The molecule has 2 aromatic rings. The van der Waals surface area contributed by atoms with Gasteiger partial charge in [0.25, 0.3) is 0 Å². The summed E-state index contributed by atoms with van der Waals surface area (Å²) in [6.45, 7) is 4.67. The summed E-state index contributed by atoms with van der Waals surface area (Å²) in [6, 6.07) is 3.59. The molecular formula is C13H15ClN4OS. The number of rotatable bonds is 5. The molecule has 0 bridgehead atoms. The van der Waals surface area contributed by atoms with Gasteiger partial charge in [0.1, 0.15) is 5.15 Å². The maximum Gasteiger partial charge on any atom is 0.225 e. The van der Waals surface area contributed by atoms with E-state index in [1.54, 1.807) is 24.1 Å². The molecule has 0 aromatic carbocycles. The molecule has 2 heterocycles. The van der Waals surface area contributed by atoms with Gasteiger partial charge in [0.05, 0.1) is 12.2 Å². The maximum absolute atomic E-state index is 11.5. The van der Waals surface area contributed by atoms with Crippen LogP contribution in [0.15, 0.2) is 23.7 Å². The number of carbonyl (C=O) groups is 1. The highest BCUT2D eigenvalue weighted by atomic mass is 35.5. The van der Waals surface area contributed by atoms with Crippen LogP contribution in [0.4, 0.5) is 10.8 Å². The number of pyridine rings is 1. The predicted molar refractivity (Wildman–Crippen MR) is 82.4 cm³/mol. The number of hydrogen-bond donors (Lipinski definition) is 1. The van der Waals surface area contributed by atoms with Crippen molar-refractivity contribution in [3.63, 3.8) is 0 Å². The molecule has 0 unspecified atom stereocenters. The van der Waals surface area contributed by atoms with Crippen LogP contribution in [-0.2, 0) is 11.3 Å². The number of anilines is 2. The Bertz CT molecular complexity index is 602. The van der Waals surface area contributed by atoms with Gasteiger partial charge in [-0.25, -0.2) is 9.97 Å². The van der Waals surface area contributed by atoms with Crippen molar-refractivity contribution in [2.75, 3.05) is 16.8 Å². The van der Waals surface area contributed by atoms with Gasteiger partial charge in [0.15, 0.2) is 5.13 Å². The molecule has 20 heavy (non-hydrogen) atoms. The van der Waals surface area contributed by atoms with Crippen LogP contribution in [0, 0.1) is 0 Å². The molecule has 0 aliphatic heterocycles. The fourth-order valence-corrected chi connectivity index (χ4v) is 2.81. The Morgan fingerprint density at radius 1 is 1.55 bits per heavy atom. The lowest BCUT2D eigenvalue weighted by atomic mass is 10.4. The number of amides is 1. The Kier molecular flexibility index (Phi) is 4.92. The predicted octanol–water partition coefficient (Wildman–Crippen LogP) is 3.18. The third kappa shape index (κ3) is 3.68. The summed E-state index contributed by atoms with van der Waals surface area (Å²) in [5, 5.41) is 6.33. The number of aromatic nitrogens is 2. The van der Waals surface area contributed by atoms with Crippen molar-refractivity contribution in [2.45, 2.75) is 20.4 Å². The SMILES string of the molecule is CCN(C(C)=O)c1nc(CNc2ccnc(Cl)c2)cs1. The molecule has 5 nitrogen and oxygen atoms in total. The minimum Gasteiger partial charge on any atom is -0.379 e. The summed E-state index contributed by atoms with van der Waals surface area (Å²) < 4.78 is 0. The van der Waals surface area contributed by atoms with E-state index in [4.69, 9.17) is 11.6 Å². The van der Waals surface area contributed by atoms with E-state index in [1.807, 2.05) is 18.4 Å². The van der Waals surface area contributed by atoms with Crippen LogP contribution in [-0.4, -0.2) is 22.4 Å². The lowest BCUT2D eigenvalue weighted by molar-refractivity contribution is -0.116. The summed E-state index contributed by atoms with van der Waals surface area (Å²) >= 11 is 7.28. The van der Waals surface area contributed by atoms with Crippen LogP contribution in [0.3, 0.4) is 0 Å². The van der Waals surface area contributed by atoms with Crippen molar-refractivity contribution in [2.24, 2.45) is 0 Å². The summed E-state index contributed by atoms with van der Waals surface area (Å²) in [5.41, 5.74) is 1.77. The van der Waals surface area contributed by atoms with Gasteiger partial charge in [-0.1, -0.05) is 11.6 Å². The molecule has 2 rings (SSSR count). The number of hydrogen-bond acceptors (Lipinski definition) is 5. The molecule has 1 amide bonds. The van der Waals surface area contributed by atoms with Crippen molar-refractivity contribution in [1.29, 1.82) is 0 Å². The highest BCUT2D eigenvalue weighted by Crippen LogP contribution is 2.21. The second-order valence-corrected chi connectivity index (χ2v) is 5.33. The molecule has 106 valence electrons. The van der Waals surface area contributed by atoms with Gasteiger partial charge in [-0.2, -0.15) is 0 Å². The van der Waals surface area contributed by atoms with E-state index < -0.39 is 0 Å². The van der Waals surface area contributed by atoms with E-state index >= 15 is 0 Å². The van der Waals surface area contributed by atoms with E-state index in [-0.39, 0.29) is 5.91 Å². The van der Waals surface area contributed by atoms with Crippen molar-refractivity contribution in [3.05, 3.63) is 34.6 Å². The van der Waals surface area contributed by atoms with Crippen molar-refractivity contribution in [1.82, 2.24) is 9.97 Å². The first-order chi connectivity index (χ1) is 9.60. The topological polar surface area (TPSA) is 58.1 Å². The fraction of sp³-hybridized carbons (Fsp3) is 0.308. The fourth-order valence-electron chi connectivity index (χ4n) is 1.70. The molecule has 0 atom stereocenters. The quantitative estimate of drug-likeness (QED) is 0.862. The van der Waals surface area contributed by atoms with Crippen LogP contribution in [0.2, 0.25) is 5.15 Å². The first-order valence-corrected chi connectivity index (χ1v) is 7.44. The number of thiazole rings is 1. The molecule has 7 heteroatoms. The third-order valence-corrected chi connectivity index (χ3v) is 3.79. The Hall–Kier alpha value is -1.66. The average Bonchev–Trinajstić information content (AvgIpc) is 2.85. The molecule has 0 aliphatic rings.